The molecule has 1 fully saturated rings. The predicted molar refractivity (Wildman–Crippen MR) is 90.7 cm³/mol. The maximum atomic E-state index is 5.68. The van der Waals surface area contributed by atoms with Crippen molar-refractivity contribution in [2.75, 3.05) is 32.8 Å². The quantitative estimate of drug-likeness (QED) is 0.922. The van der Waals surface area contributed by atoms with Crippen LogP contribution in [0.25, 0.3) is 11.1 Å². The number of hydrogen-bond donors (Lipinski definition) is 1. The Morgan fingerprint density at radius 3 is 2.64 bits per heavy atom. The molecule has 1 saturated heterocycles. The van der Waals surface area contributed by atoms with Crippen LogP contribution in [0.3, 0.4) is 0 Å². The molecule has 0 aromatic heterocycles. The van der Waals surface area contributed by atoms with Crippen LogP contribution in [0.1, 0.15) is 11.1 Å². The van der Waals surface area contributed by atoms with Crippen molar-refractivity contribution in [3.05, 3.63) is 59.7 Å². The normalized spacial score (nSPS) is 15.9. The Kier molecular flexibility index (Phi) is 5.22. The van der Waals surface area contributed by atoms with E-state index in [1.54, 1.807) is 0 Å². The Morgan fingerprint density at radius 1 is 1.00 bits per heavy atom. The molecule has 0 spiro atoms. The molecule has 1 heterocycles. The summed E-state index contributed by atoms with van der Waals surface area (Å²) < 4.78 is 5.44. The first-order chi connectivity index (χ1) is 10.9. The number of nitrogens with zero attached hydrogens (tertiary/aromatic N) is 1. The van der Waals surface area contributed by atoms with Crippen LogP contribution < -0.4 is 5.73 Å². The molecule has 0 radical (unpaired) electrons. The molecule has 1 aliphatic rings. The molecule has 0 atom stereocenters. The lowest BCUT2D eigenvalue weighted by Gasteiger charge is -2.27. The zero-order valence-corrected chi connectivity index (χ0v) is 13.0. The standard InChI is InChI=1S/C19H24N2O/c20-9-8-16-4-3-6-17(14-16)19-7-2-1-5-18(19)15-21-10-12-22-13-11-21/h1-7,14H,8-13,15,20H2. The lowest BCUT2D eigenvalue weighted by molar-refractivity contribution is 0.0342. The SMILES string of the molecule is NCCc1cccc(-c2ccccc2CN2CCOCC2)c1. The van der Waals surface area contributed by atoms with Crippen molar-refractivity contribution in [2.45, 2.75) is 13.0 Å². The molecule has 0 aliphatic carbocycles. The van der Waals surface area contributed by atoms with Crippen LogP contribution in [0.2, 0.25) is 0 Å². The summed E-state index contributed by atoms with van der Waals surface area (Å²) in [4.78, 5) is 2.46. The van der Waals surface area contributed by atoms with Crippen molar-refractivity contribution in [1.82, 2.24) is 4.90 Å². The van der Waals surface area contributed by atoms with Crippen molar-refractivity contribution >= 4 is 0 Å². The van der Waals surface area contributed by atoms with Crippen LogP contribution in [-0.4, -0.2) is 37.7 Å². The van der Waals surface area contributed by atoms with E-state index >= 15 is 0 Å². The van der Waals surface area contributed by atoms with Gasteiger partial charge in [0.15, 0.2) is 0 Å². The van der Waals surface area contributed by atoms with Crippen molar-refractivity contribution in [2.24, 2.45) is 5.73 Å². The second kappa shape index (κ2) is 7.54. The largest absolute Gasteiger partial charge is 0.379 e. The molecule has 0 amide bonds. The second-order valence-electron chi connectivity index (χ2n) is 5.78. The molecule has 3 nitrogen and oxygen atoms in total. The maximum absolute atomic E-state index is 5.68. The molecule has 3 heteroatoms. The van der Waals surface area contributed by atoms with Gasteiger partial charge in [0.1, 0.15) is 0 Å². The molecule has 22 heavy (non-hydrogen) atoms. The molecule has 0 saturated carbocycles. The molecular formula is C19H24N2O. The van der Waals surface area contributed by atoms with Gasteiger partial charge in [-0.1, -0.05) is 48.5 Å². The number of rotatable bonds is 5. The summed E-state index contributed by atoms with van der Waals surface area (Å²) in [6, 6.07) is 17.4. The van der Waals surface area contributed by atoms with Crippen LogP contribution >= 0.6 is 0 Å². The smallest absolute Gasteiger partial charge is 0.0594 e. The van der Waals surface area contributed by atoms with Gasteiger partial charge in [0, 0.05) is 19.6 Å². The first-order valence-corrected chi connectivity index (χ1v) is 8.04. The van der Waals surface area contributed by atoms with Gasteiger partial charge >= 0.3 is 0 Å². The highest BCUT2D eigenvalue weighted by molar-refractivity contribution is 5.68. The van der Waals surface area contributed by atoms with Crippen LogP contribution in [-0.2, 0) is 17.7 Å². The zero-order valence-electron chi connectivity index (χ0n) is 13.0. The van der Waals surface area contributed by atoms with Gasteiger partial charge in [-0.2, -0.15) is 0 Å². The summed E-state index contributed by atoms with van der Waals surface area (Å²) in [5, 5.41) is 0. The number of nitrogens with two attached hydrogens (primary N) is 1. The highest BCUT2D eigenvalue weighted by Gasteiger charge is 2.13. The fraction of sp³-hybridized carbons (Fsp3) is 0.368. The lowest BCUT2D eigenvalue weighted by Crippen LogP contribution is -2.35. The summed E-state index contributed by atoms with van der Waals surface area (Å²) in [7, 11) is 0. The van der Waals surface area contributed by atoms with Crippen molar-refractivity contribution in [3.8, 4) is 11.1 Å². The van der Waals surface area contributed by atoms with Crippen LogP contribution in [0.4, 0.5) is 0 Å². The number of morpholine rings is 1. The highest BCUT2D eigenvalue weighted by atomic mass is 16.5. The third-order valence-corrected chi connectivity index (χ3v) is 4.19. The molecular weight excluding hydrogens is 272 g/mol. The Hall–Kier alpha value is -1.68. The molecule has 2 aromatic carbocycles. The van der Waals surface area contributed by atoms with E-state index in [2.05, 4.69) is 53.4 Å². The first-order valence-electron chi connectivity index (χ1n) is 8.04. The Balaban J connectivity index is 1.85. The van der Waals surface area contributed by atoms with Gasteiger partial charge in [0.05, 0.1) is 13.2 Å². The molecule has 2 aromatic rings. The number of ether oxygens (including phenoxy) is 1. The minimum atomic E-state index is 0.693. The summed E-state index contributed by atoms with van der Waals surface area (Å²) in [6.45, 7) is 5.39. The average molecular weight is 296 g/mol. The average Bonchev–Trinajstić information content (AvgIpc) is 2.57. The van der Waals surface area contributed by atoms with E-state index in [4.69, 9.17) is 10.5 Å². The maximum Gasteiger partial charge on any atom is 0.0594 e. The second-order valence-corrected chi connectivity index (χ2v) is 5.78. The monoisotopic (exact) mass is 296 g/mol. The Labute approximate surface area is 132 Å². The third-order valence-electron chi connectivity index (χ3n) is 4.19. The molecule has 0 bridgehead atoms. The van der Waals surface area contributed by atoms with Crippen molar-refractivity contribution in [1.29, 1.82) is 0 Å². The van der Waals surface area contributed by atoms with Crippen molar-refractivity contribution in [3.63, 3.8) is 0 Å². The van der Waals surface area contributed by atoms with Gasteiger partial charge in [0.2, 0.25) is 0 Å². The summed E-state index contributed by atoms with van der Waals surface area (Å²) >= 11 is 0. The van der Waals surface area contributed by atoms with Gasteiger partial charge in [-0.3, -0.25) is 4.90 Å². The molecule has 3 rings (SSSR count). The molecule has 0 unspecified atom stereocenters. The highest BCUT2D eigenvalue weighted by Crippen LogP contribution is 2.26. The third kappa shape index (κ3) is 3.74. The number of hydrogen-bond acceptors (Lipinski definition) is 3. The fourth-order valence-electron chi connectivity index (χ4n) is 3.00. The van der Waals surface area contributed by atoms with E-state index < -0.39 is 0 Å². The van der Waals surface area contributed by atoms with E-state index in [0.717, 1.165) is 39.3 Å². The van der Waals surface area contributed by atoms with E-state index in [-0.39, 0.29) is 0 Å². The lowest BCUT2D eigenvalue weighted by atomic mass is 9.97. The summed E-state index contributed by atoms with van der Waals surface area (Å²) in [5.74, 6) is 0. The van der Waals surface area contributed by atoms with Gasteiger partial charge in [-0.05, 0) is 35.2 Å². The van der Waals surface area contributed by atoms with Gasteiger partial charge in [0.25, 0.3) is 0 Å². The fourth-order valence-corrected chi connectivity index (χ4v) is 3.00. The van der Waals surface area contributed by atoms with Gasteiger partial charge in [-0.25, -0.2) is 0 Å². The van der Waals surface area contributed by atoms with Crippen LogP contribution in [0.15, 0.2) is 48.5 Å². The molecule has 1 aliphatic heterocycles. The number of benzene rings is 2. The van der Waals surface area contributed by atoms with E-state index in [1.165, 1.54) is 22.3 Å². The van der Waals surface area contributed by atoms with Crippen LogP contribution in [0.5, 0.6) is 0 Å². The van der Waals surface area contributed by atoms with Gasteiger partial charge < -0.3 is 10.5 Å². The van der Waals surface area contributed by atoms with Crippen molar-refractivity contribution < 1.29 is 4.74 Å². The minimum Gasteiger partial charge on any atom is -0.379 e. The topological polar surface area (TPSA) is 38.5 Å². The summed E-state index contributed by atoms with van der Waals surface area (Å²) in [6.07, 6.45) is 0.930. The van der Waals surface area contributed by atoms with E-state index in [1.807, 2.05) is 0 Å². The van der Waals surface area contributed by atoms with E-state index in [0.29, 0.717) is 6.54 Å². The molecule has 116 valence electrons. The Bertz CT molecular complexity index is 606. The first kappa shape index (κ1) is 15.2. The minimum absolute atomic E-state index is 0.693. The summed E-state index contributed by atoms with van der Waals surface area (Å²) in [5.41, 5.74) is 11.0. The Morgan fingerprint density at radius 2 is 1.82 bits per heavy atom. The van der Waals surface area contributed by atoms with Crippen LogP contribution in [0, 0.1) is 0 Å². The molecule has 2 N–H and O–H groups in total. The van der Waals surface area contributed by atoms with Gasteiger partial charge in [-0.15, -0.1) is 0 Å². The zero-order chi connectivity index (χ0) is 15.2. The van der Waals surface area contributed by atoms with E-state index in [9.17, 15) is 0 Å². The predicted octanol–water partition coefficient (Wildman–Crippen LogP) is 2.69.